The van der Waals surface area contributed by atoms with Gasteiger partial charge in [0.15, 0.2) is 11.6 Å². The van der Waals surface area contributed by atoms with Crippen LogP contribution < -0.4 is 9.47 Å². The molecule has 0 fully saturated rings. The van der Waals surface area contributed by atoms with E-state index in [0.717, 1.165) is 36.2 Å². The van der Waals surface area contributed by atoms with Crippen molar-refractivity contribution in [2.24, 2.45) is 0 Å². The minimum absolute atomic E-state index is 0.250. The summed E-state index contributed by atoms with van der Waals surface area (Å²) in [6.45, 7) is 2.73. The summed E-state index contributed by atoms with van der Waals surface area (Å²) >= 11 is 0. The van der Waals surface area contributed by atoms with Gasteiger partial charge in [-0.15, -0.1) is 13.2 Å². The number of fused-ring (bicyclic) bond motifs is 1. The summed E-state index contributed by atoms with van der Waals surface area (Å²) in [7, 11) is 0. The van der Waals surface area contributed by atoms with Crippen LogP contribution in [0.2, 0.25) is 0 Å². The molecule has 0 radical (unpaired) electrons. The number of aromatic nitrogens is 1. The van der Waals surface area contributed by atoms with E-state index < -0.39 is 17.9 Å². The first-order valence-electron chi connectivity index (χ1n) is 11.6. The van der Waals surface area contributed by atoms with E-state index in [1.807, 2.05) is 18.2 Å². The zero-order valence-electron chi connectivity index (χ0n) is 19.5. The van der Waals surface area contributed by atoms with Gasteiger partial charge in [-0.25, -0.2) is 8.78 Å². The molecule has 0 aliphatic rings. The number of benzene rings is 3. The van der Waals surface area contributed by atoms with E-state index in [1.54, 1.807) is 30.5 Å². The van der Waals surface area contributed by atoms with Crippen LogP contribution in [-0.4, -0.2) is 18.0 Å². The van der Waals surface area contributed by atoms with E-state index in [9.17, 15) is 17.6 Å². The van der Waals surface area contributed by atoms with E-state index in [2.05, 4.69) is 16.6 Å². The average molecular weight is 501 g/mol. The first-order chi connectivity index (χ1) is 17.2. The van der Waals surface area contributed by atoms with Crippen LogP contribution in [0.4, 0.5) is 22.0 Å². The van der Waals surface area contributed by atoms with Crippen molar-refractivity contribution in [2.45, 2.75) is 39.0 Å². The lowest BCUT2D eigenvalue weighted by atomic mass is 9.98. The van der Waals surface area contributed by atoms with Gasteiger partial charge >= 0.3 is 6.36 Å². The van der Waals surface area contributed by atoms with E-state index >= 15 is 4.39 Å². The molecule has 0 atom stereocenters. The molecule has 3 nitrogen and oxygen atoms in total. The van der Waals surface area contributed by atoms with Gasteiger partial charge in [0.05, 0.1) is 18.5 Å². The van der Waals surface area contributed by atoms with Crippen LogP contribution in [0.1, 0.15) is 30.9 Å². The number of aryl methyl sites for hydroxylation is 2. The lowest BCUT2D eigenvalue weighted by molar-refractivity contribution is -0.275. The highest BCUT2D eigenvalue weighted by atomic mass is 19.4. The van der Waals surface area contributed by atoms with Gasteiger partial charge in [0, 0.05) is 10.9 Å². The second kappa shape index (κ2) is 10.9. The smallest absolute Gasteiger partial charge is 0.492 e. The fraction of sp³-hybridized carbons (Fsp3) is 0.250. The lowest BCUT2D eigenvalue weighted by Gasteiger charge is -2.11. The number of ether oxygens (including phenoxy) is 2. The van der Waals surface area contributed by atoms with Crippen molar-refractivity contribution in [1.29, 1.82) is 0 Å². The molecule has 1 aromatic heterocycles. The maximum absolute atomic E-state index is 15.2. The Hall–Kier alpha value is -3.68. The summed E-state index contributed by atoms with van der Waals surface area (Å²) < 4.78 is 75.4. The first-order valence-corrected chi connectivity index (χ1v) is 11.6. The van der Waals surface area contributed by atoms with E-state index in [0.29, 0.717) is 34.3 Å². The third-order valence-electron chi connectivity index (χ3n) is 5.74. The molecule has 4 rings (SSSR count). The van der Waals surface area contributed by atoms with Gasteiger partial charge < -0.3 is 9.47 Å². The third kappa shape index (κ3) is 6.30. The highest BCUT2D eigenvalue weighted by Crippen LogP contribution is 2.29. The van der Waals surface area contributed by atoms with Gasteiger partial charge in [0.2, 0.25) is 0 Å². The molecule has 0 unspecified atom stereocenters. The Labute approximate surface area is 205 Å². The highest BCUT2D eigenvalue weighted by molar-refractivity contribution is 5.88. The molecule has 3 aromatic carbocycles. The topological polar surface area (TPSA) is 31.4 Å². The molecule has 0 aliphatic heterocycles. The Morgan fingerprint density at radius 1 is 0.889 bits per heavy atom. The minimum atomic E-state index is -4.97. The van der Waals surface area contributed by atoms with E-state index in [1.165, 1.54) is 6.07 Å². The van der Waals surface area contributed by atoms with Gasteiger partial charge in [-0.2, -0.15) is 0 Å². The molecule has 0 saturated heterocycles. The van der Waals surface area contributed by atoms with Crippen LogP contribution in [0.5, 0.6) is 11.5 Å². The van der Waals surface area contributed by atoms with Crippen LogP contribution in [0, 0.1) is 11.6 Å². The number of hydrogen-bond donors (Lipinski definition) is 0. The van der Waals surface area contributed by atoms with Crippen LogP contribution in [0.25, 0.3) is 22.0 Å². The predicted octanol–water partition coefficient (Wildman–Crippen LogP) is 8.04. The third-order valence-corrected chi connectivity index (χ3v) is 5.74. The zero-order chi connectivity index (χ0) is 25.7. The highest BCUT2D eigenvalue weighted by Gasteiger charge is 2.32. The first kappa shape index (κ1) is 25.4. The van der Waals surface area contributed by atoms with Gasteiger partial charge in [-0.1, -0.05) is 43.7 Å². The summed E-state index contributed by atoms with van der Waals surface area (Å²) in [5, 5.41) is 1.15. The number of rotatable bonds is 9. The molecular formula is C28H24F5NO2. The van der Waals surface area contributed by atoms with E-state index in [4.69, 9.17) is 4.74 Å². The molecule has 0 aliphatic carbocycles. The molecule has 1 heterocycles. The van der Waals surface area contributed by atoms with Crippen molar-refractivity contribution < 1.29 is 31.4 Å². The molecular weight excluding hydrogens is 477 g/mol. The van der Waals surface area contributed by atoms with Gasteiger partial charge in [-0.05, 0) is 66.1 Å². The van der Waals surface area contributed by atoms with Gasteiger partial charge in [0.1, 0.15) is 11.6 Å². The van der Waals surface area contributed by atoms with Crippen molar-refractivity contribution in [2.75, 3.05) is 6.61 Å². The fourth-order valence-corrected chi connectivity index (χ4v) is 3.85. The normalized spacial score (nSPS) is 11.6. The summed E-state index contributed by atoms with van der Waals surface area (Å²) in [6, 6.07) is 15.8. The maximum atomic E-state index is 15.2. The number of hydrogen-bond acceptors (Lipinski definition) is 3. The number of alkyl halides is 3. The largest absolute Gasteiger partial charge is 0.573 e. The molecule has 0 N–H and O–H groups in total. The Morgan fingerprint density at radius 2 is 1.72 bits per heavy atom. The molecule has 36 heavy (non-hydrogen) atoms. The van der Waals surface area contributed by atoms with Crippen molar-refractivity contribution in [3.05, 3.63) is 89.6 Å². The van der Waals surface area contributed by atoms with E-state index in [-0.39, 0.29) is 18.7 Å². The van der Waals surface area contributed by atoms with Crippen molar-refractivity contribution in [3.63, 3.8) is 0 Å². The Bertz CT molecular complexity index is 1340. The monoisotopic (exact) mass is 501 g/mol. The van der Waals surface area contributed by atoms with Crippen molar-refractivity contribution in [3.8, 4) is 22.8 Å². The second-order valence-corrected chi connectivity index (χ2v) is 8.37. The molecule has 188 valence electrons. The minimum Gasteiger partial charge on any atom is -0.492 e. The Balaban J connectivity index is 1.46. The van der Waals surface area contributed by atoms with Gasteiger partial charge in [-0.3, -0.25) is 4.98 Å². The van der Waals surface area contributed by atoms with Gasteiger partial charge in [0.25, 0.3) is 0 Å². The molecule has 0 saturated carbocycles. The maximum Gasteiger partial charge on any atom is 0.573 e. The van der Waals surface area contributed by atoms with Crippen LogP contribution in [0.3, 0.4) is 0 Å². The quantitative estimate of drug-likeness (QED) is 0.172. The Morgan fingerprint density at radius 3 is 2.42 bits per heavy atom. The number of halogens is 5. The summed E-state index contributed by atoms with van der Waals surface area (Å²) in [5.41, 5.74) is 2.44. The SMILES string of the molecule is CCCCOc1ccc(-c2ccc3c(F)c(CCc4ccc(OC(F)(F)F)c(F)c4)ccc3c2)nc1. The second-order valence-electron chi connectivity index (χ2n) is 8.37. The average Bonchev–Trinajstić information content (AvgIpc) is 2.85. The number of pyridine rings is 1. The predicted molar refractivity (Wildman–Crippen MR) is 128 cm³/mol. The van der Waals surface area contributed by atoms with Crippen LogP contribution >= 0.6 is 0 Å². The van der Waals surface area contributed by atoms with Crippen molar-refractivity contribution >= 4 is 10.8 Å². The molecule has 4 aromatic rings. The molecule has 0 bridgehead atoms. The Kier molecular flexibility index (Phi) is 7.72. The summed E-state index contributed by atoms with van der Waals surface area (Å²) in [5.74, 6) is -1.70. The molecule has 0 spiro atoms. The number of nitrogens with zero attached hydrogens (tertiary/aromatic N) is 1. The fourth-order valence-electron chi connectivity index (χ4n) is 3.85. The summed E-state index contributed by atoms with van der Waals surface area (Å²) in [4.78, 5) is 4.45. The van der Waals surface area contributed by atoms with Crippen LogP contribution in [-0.2, 0) is 12.8 Å². The lowest BCUT2D eigenvalue weighted by Crippen LogP contribution is -2.18. The molecule has 0 amide bonds. The standard InChI is InChI=1S/C28H24F5NO2/c1-2-3-14-35-22-10-12-25(34-17-22)21-9-11-23-20(16-21)8-7-19(27(23)30)6-4-18-5-13-26(24(29)15-18)36-28(31,32)33/h5,7-13,15-17H,2-4,6,14H2,1H3. The van der Waals surface area contributed by atoms with Crippen LogP contribution in [0.15, 0.2) is 66.9 Å². The number of unbranched alkanes of at least 4 members (excludes halogenated alkanes) is 1. The van der Waals surface area contributed by atoms with Crippen molar-refractivity contribution in [1.82, 2.24) is 4.98 Å². The summed E-state index contributed by atoms with van der Waals surface area (Å²) in [6.07, 6.45) is -0.778. The molecule has 8 heteroatoms. The zero-order valence-corrected chi connectivity index (χ0v) is 19.5.